The fourth-order valence-electron chi connectivity index (χ4n) is 7.15. The molecular weight excluding hydrogens is 608 g/mol. The molecule has 0 aliphatic rings. The highest BCUT2D eigenvalue weighted by Gasteiger charge is 2.20. The van der Waals surface area contributed by atoms with Gasteiger partial charge in [-0.1, -0.05) is 149 Å². The van der Waals surface area contributed by atoms with E-state index in [9.17, 15) is 0 Å². The number of halogens is 1. The van der Waals surface area contributed by atoms with Crippen molar-refractivity contribution in [2.75, 3.05) is 0 Å². The zero-order chi connectivity index (χ0) is 29.9. The van der Waals surface area contributed by atoms with Crippen LogP contribution >= 0.6 is 15.9 Å². The van der Waals surface area contributed by atoms with Crippen LogP contribution in [0, 0.1) is 0 Å². The van der Waals surface area contributed by atoms with E-state index in [-0.39, 0.29) is 0 Å². The molecule has 0 aliphatic heterocycles. The Morgan fingerprint density at radius 1 is 0.289 bits per heavy atom. The third kappa shape index (κ3) is 4.35. The zero-order valence-electron chi connectivity index (χ0n) is 24.5. The Bertz CT molecular complexity index is 2600. The summed E-state index contributed by atoms with van der Waals surface area (Å²) >= 11 is 3.82. The summed E-state index contributed by atoms with van der Waals surface area (Å²) in [6, 6.07) is 60.2. The molecule has 0 bridgehead atoms. The molecule has 0 radical (unpaired) electrons. The molecule has 9 aromatic rings. The largest absolute Gasteiger partial charge is 0.0616 e. The molecule has 1 heteroatoms. The lowest BCUT2D eigenvalue weighted by molar-refractivity contribution is 1.64. The van der Waals surface area contributed by atoms with Gasteiger partial charge in [0.2, 0.25) is 0 Å². The van der Waals surface area contributed by atoms with Crippen LogP contribution in [0.3, 0.4) is 0 Å². The highest BCUT2D eigenvalue weighted by molar-refractivity contribution is 9.10. The molecule has 0 aliphatic carbocycles. The van der Waals surface area contributed by atoms with Gasteiger partial charge in [0, 0.05) is 4.47 Å². The molecule has 0 saturated carbocycles. The van der Waals surface area contributed by atoms with Crippen LogP contribution in [0.1, 0.15) is 0 Å². The van der Waals surface area contributed by atoms with Crippen molar-refractivity contribution in [3.05, 3.63) is 168 Å². The maximum absolute atomic E-state index is 3.82. The highest BCUT2D eigenvalue weighted by atomic mass is 79.9. The van der Waals surface area contributed by atoms with Gasteiger partial charge in [0.25, 0.3) is 0 Å². The summed E-state index contributed by atoms with van der Waals surface area (Å²) < 4.78 is 1.08. The minimum atomic E-state index is 1.08. The number of fused-ring (bicyclic) bond motifs is 6. The number of hydrogen-bond acceptors (Lipinski definition) is 0. The molecule has 9 aromatic carbocycles. The van der Waals surface area contributed by atoms with E-state index in [1.165, 1.54) is 87.2 Å². The number of rotatable bonds is 3. The molecule has 9 rings (SSSR count). The molecule has 0 nitrogen and oxygen atoms in total. The SMILES string of the molecule is Brc1ccc2c(c1)c(-c1ccc3ccccc3c1)c(-c1ccc3ccccc3c1)c1cc(-c3cccc4ccccc34)ccc12. The maximum Gasteiger partial charge on any atom is 0.0181 e. The zero-order valence-corrected chi connectivity index (χ0v) is 26.1. The normalized spacial score (nSPS) is 11.7. The summed E-state index contributed by atoms with van der Waals surface area (Å²) in [7, 11) is 0. The molecule has 0 atom stereocenters. The van der Waals surface area contributed by atoms with E-state index in [0.717, 1.165) is 4.47 Å². The van der Waals surface area contributed by atoms with Gasteiger partial charge in [0.05, 0.1) is 0 Å². The Kier molecular flexibility index (Phi) is 6.07. The van der Waals surface area contributed by atoms with Crippen LogP contribution in [0.5, 0.6) is 0 Å². The van der Waals surface area contributed by atoms with Crippen molar-refractivity contribution in [3.63, 3.8) is 0 Å². The lowest BCUT2D eigenvalue weighted by atomic mass is 9.83. The van der Waals surface area contributed by atoms with Gasteiger partial charge in [-0.3, -0.25) is 0 Å². The second kappa shape index (κ2) is 10.4. The van der Waals surface area contributed by atoms with Crippen LogP contribution in [0.15, 0.2) is 168 Å². The van der Waals surface area contributed by atoms with Gasteiger partial charge in [0.15, 0.2) is 0 Å². The predicted molar refractivity (Wildman–Crippen MR) is 198 cm³/mol. The van der Waals surface area contributed by atoms with Crippen molar-refractivity contribution in [2.45, 2.75) is 0 Å². The van der Waals surface area contributed by atoms with Gasteiger partial charge in [0.1, 0.15) is 0 Å². The van der Waals surface area contributed by atoms with Crippen LogP contribution in [-0.4, -0.2) is 0 Å². The standard InChI is InChI=1S/C44H27Br/c45-36-21-23-40-39-22-20-33(38-15-7-13-30-10-5-6-14-37(30)38)26-41(39)43(34-18-16-28-8-1-3-11-31(28)24-34)44(42(40)27-36)35-19-17-29-9-2-4-12-32(29)25-35/h1-27H. The van der Waals surface area contributed by atoms with Crippen molar-refractivity contribution >= 4 is 69.8 Å². The van der Waals surface area contributed by atoms with E-state index in [1.807, 2.05) is 0 Å². The lowest BCUT2D eigenvalue weighted by Gasteiger charge is -2.20. The molecule has 0 spiro atoms. The van der Waals surface area contributed by atoms with E-state index in [2.05, 4.69) is 180 Å². The average molecular weight is 636 g/mol. The van der Waals surface area contributed by atoms with Gasteiger partial charge in [-0.15, -0.1) is 0 Å². The van der Waals surface area contributed by atoms with Crippen LogP contribution in [0.25, 0.3) is 87.2 Å². The Balaban J connectivity index is 1.46. The Labute approximate surface area is 270 Å². The Hall–Kier alpha value is -5.24. The third-order valence-electron chi connectivity index (χ3n) is 9.26. The average Bonchev–Trinajstić information content (AvgIpc) is 3.10. The fraction of sp³-hybridized carbons (Fsp3) is 0. The quantitative estimate of drug-likeness (QED) is 0.170. The van der Waals surface area contributed by atoms with Crippen LogP contribution in [-0.2, 0) is 0 Å². The molecule has 0 aromatic heterocycles. The highest BCUT2D eigenvalue weighted by Crippen LogP contribution is 2.47. The predicted octanol–water partition coefficient (Wildman–Crippen LogP) is 13.2. The first-order chi connectivity index (χ1) is 22.2. The fourth-order valence-corrected chi connectivity index (χ4v) is 7.51. The minimum Gasteiger partial charge on any atom is -0.0616 e. The summed E-state index contributed by atoms with van der Waals surface area (Å²) in [6.45, 7) is 0. The summed E-state index contributed by atoms with van der Waals surface area (Å²) in [4.78, 5) is 0. The first kappa shape index (κ1) is 26.2. The van der Waals surface area contributed by atoms with E-state index >= 15 is 0 Å². The number of benzene rings is 9. The van der Waals surface area contributed by atoms with Crippen LogP contribution in [0.2, 0.25) is 0 Å². The van der Waals surface area contributed by atoms with Crippen molar-refractivity contribution in [1.82, 2.24) is 0 Å². The third-order valence-corrected chi connectivity index (χ3v) is 9.75. The van der Waals surface area contributed by atoms with Crippen molar-refractivity contribution in [3.8, 4) is 33.4 Å². The van der Waals surface area contributed by atoms with E-state index in [1.54, 1.807) is 0 Å². The molecule has 45 heavy (non-hydrogen) atoms. The molecule has 210 valence electrons. The van der Waals surface area contributed by atoms with Gasteiger partial charge in [-0.2, -0.15) is 0 Å². The van der Waals surface area contributed by atoms with E-state index < -0.39 is 0 Å². The Morgan fingerprint density at radius 2 is 0.800 bits per heavy atom. The van der Waals surface area contributed by atoms with Crippen molar-refractivity contribution in [1.29, 1.82) is 0 Å². The first-order valence-electron chi connectivity index (χ1n) is 15.4. The maximum atomic E-state index is 3.82. The Morgan fingerprint density at radius 3 is 1.47 bits per heavy atom. The second-order valence-corrected chi connectivity index (χ2v) is 12.8. The lowest BCUT2D eigenvalue weighted by Crippen LogP contribution is -1.93. The van der Waals surface area contributed by atoms with Crippen molar-refractivity contribution < 1.29 is 0 Å². The molecule has 0 N–H and O–H groups in total. The van der Waals surface area contributed by atoms with Gasteiger partial charge in [-0.25, -0.2) is 0 Å². The molecule has 0 fully saturated rings. The number of hydrogen-bond donors (Lipinski definition) is 0. The van der Waals surface area contributed by atoms with Gasteiger partial charge >= 0.3 is 0 Å². The molecule has 0 unspecified atom stereocenters. The van der Waals surface area contributed by atoms with Gasteiger partial charge < -0.3 is 0 Å². The summed E-state index contributed by atoms with van der Waals surface area (Å²) in [6.07, 6.45) is 0. The van der Waals surface area contributed by atoms with Gasteiger partial charge in [-0.05, 0) is 118 Å². The minimum absolute atomic E-state index is 1.08. The second-order valence-electron chi connectivity index (χ2n) is 11.9. The first-order valence-corrected chi connectivity index (χ1v) is 16.2. The molecule has 0 saturated heterocycles. The van der Waals surface area contributed by atoms with E-state index in [0.29, 0.717) is 0 Å². The summed E-state index contributed by atoms with van der Waals surface area (Å²) in [5.41, 5.74) is 7.44. The van der Waals surface area contributed by atoms with E-state index in [4.69, 9.17) is 0 Å². The van der Waals surface area contributed by atoms with Crippen LogP contribution < -0.4 is 0 Å². The molecule has 0 amide bonds. The topological polar surface area (TPSA) is 0 Å². The summed E-state index contributed by atoms with van der Waals surface area (Å²) in [5.74, 6) is 0. The summed E-state index contributed by atoms with van der Waals surface area (Å²) in [5, 5.41) is 12.5. The monoisotopic (exact) mass is 634 g/mol. The smallest absolute Gasteiger partial charge is 0.0181 e. The molecular formula is C44H27Br. The molecule has 0 heterocycles. The van der Waals surface area contributed by atoms with Crippen molar-refractivity contribution in [2.24, 2.45) is 0 Å². The van der Waals surface area contributed by atoms with Crippen LogP contribution in [0.4, 0.5) is 0 Å².